The smallest absolute Gasteiger partial charge is 0.327 e. The third-order valence-electron chi connectivity index (χ3n) is 3.56. The number of aryl methyl sites for hydroxylation is 1. The second kappa shape index (κ2) is 6.00. The zero-order valence-electron chi connectivity index (χ0n) is 13.0. The van der Waals surface area contributed by atoms with Gasteiger partial charge in [-0.1, -0.05) is 6.08 Å². The number of nitrogens with zero attached hydrogens (tertiary/aromatic N) is 3. The van der Waals surface area contributed by atoms with Gasteiger partial charge >= 0.3 is 5.97 Å². The minimum absolute atomic E-state index is 0.186. The summed E-state index contributed by atoms with van der Waals surface area (Å²) >= 11 is 1.63. The van der Waals surface area contributed by atoms with Crippen molar-refractivity contribution in [3.05, 3.63) is 40.1 Å². The van der Waals surface area contributed by atoms with E-state index in [1.165, 1.54) is 4.88 Å². The molecule has 23 heavy (non-hydrogen) atoms. The fourth-order valence-corrected chi connectivity index (χ4v) is 3.71. The normalized spacial score (nSPS) is 11.2. The summed E-state index contributed by atoms with van der Waals surface area (Å²) in [6.07, 6.45) is 3.40. The van der Waals surface area contributed by atoms with Gasteiger partial charge in [-0.05, 0) is 19.9 Å². The van der Waals surface area contributed by atoms with Gasteiger partial charge in [0.2, 0.25) is 0 Å². The summed E-state index contributed by atoms with van der Waals surface area (Å²) in [6.45, 7) is 8.13. The van der Waals surface area contributed by atoms with Gasteiger partial charge in [0.1, 0.15) is 12.1 Å². The lowest BCUT2D eigenvalue weighted by Crippen LogP contribution is -2.28. The van der Waals surface area contributed by atoms with E-state index in [0.29, 0.717) is 12.1 Å². The lowest BCUT2D eigenvalue weighted by Gasteiger charge is -2.06. The van der Waals surface area contributed by atoms with Crippen LogP contribution in [0.3, 0.4) is 0 Å². The zero-order chi connectivity index (χ0) is 16.6. The predicted octanol–water partition coefficient (Wildman–Crippen LogP) is 2.47. The second-order valence-electron chi connectivity index (χ2n) is 5.15. The standard InChI is InChI=1S/C16H17N3O3S/c1-4-6-18-12-7-10(3)23-15(12)11-8-17-19(16(21)14(11)18)9-13(20)22-5-2/h4,7-8H,1,5-6,9H2,2-3H3. The number of fused-ring (bicyclic) bond motifs is 3. The molecule has 0 bridgehead atoms. The molecule has 0 spiro atoms. The Morgan fingerprint density at radius 2 is 2.30 bits per heavy atom. The lowest BCUT2D eigenvalue weighted by atomic mass is 10.3. The van der Waals surface area contributed by atoms with Crippen LogP contribution in [0.2, 0.25) is 0 Å². The Morgan fingerprint density at radius 3 is 3.00 bits per heavy atom. The minimum atomic E-state index is -0.471. The second-order valence-corrected chi connectivity index (χ2v) is 6.40. The Labute approximate surface area is 136 Å². The molecule has 0 saturated carbocycles. The first-order valence-corrected chi connectivity index (χ1v) is 8.13. The number of carbonyl (C=O) groups is 1. The van der Waals surface area contributed by atoms with Crippen molar-refractivity contribution < 1.29 is 9.53 Å². The molecule has 0 fully saturated rings. The SMILES string of the molecule is C=CCn1c2cc(C)sc2c2cnn(CC(=O)OCC)c(=O)c21. The van der Waals surface area contributed by atoms with Crippen LogP contribution >= 0.6 is 11.3 Å². The number of esters is 1. The first-order chi connectivity index (χ1) is 11.1. The van der Waals surface area contributed by atoms with Crippen LogP contribution in [0.4, 0.5) is 0 Å². The van der Waals surface area contributed by atoms with Gasteiger partial charge < -0.3 is 9.30 Å². The largest absolute Gasteiger partial charge is 0.465 e. The molecule has 6 nitrogen and oxygen atoms in total. The molecule has 3 rings (SSSR count). The van der Waals surface area contributed by atoms with E-state index in [1.54, 1.807) is 30.5 Å². The van der Waals surface area contributed by atoms with Crippen LogP contribution < -0.4 is 5.56 Å². The van der Waals surface area contributed by atoms with Crippen LogP contribution in [-0.2, 0) is 22.6 Å². The molecule has 120 valence electrons. The summed E-state index contributed by atoms with van der Waals surface area (Å²) in [5.74, 6) is -0.471. The highest BCUT2D eigenvalue weighted by Crippen LogP contribution is 2.33. The highest BCUT2D eigenvalue weighted by molar-refractivity contribution is 7.20. The van der Waals surface area contributed by atoms with Crippen molar-refractivity contribution in [2.24, 2.45) is 0 Å². The van der Waals surface area contributed by atoms with Gasteiger partial charge in [0.05, 0.1) is 23.0 Å². The Hall–Kier alpha value is -2.41. The van der Waals surface area contributed by atoms with E-state index in [-0.39, 0.29) is 18.7 Å². The number of rotatable bonds is 5. The van der Waals surface area contributed by atoms with Gasteiger partial charge in [-0.15, -0.1) is 17.9 Å². The molecule has 0 atom stereocenters. The van der Waals surface area contributed by atoms with Crippen molar-refractivity contribution in [1.82, 2.24) is 14.3 Å². The number of hydrogen-bond donors (Lipinski definition) is 0. The number of hydrogen-bond acceptors (Lipinski definition) is 5. The van der Waals surface area contributed by atoms with E-state index in [0.717, 1.165) is 20.3 Å². The van der Waals surface area contributed by atoms with E-state index >= 15 is 0 Å². The number of ether oxygens (including phenoxy) is 1. The number of allylic oxidation sites excluding steroid dienone is 1. The van der Waals surface area contributed by atoms with Crippen LogP contribution in [0.15, 0.2) is 29.7 Å². The molecular formula is C16H17N3O3S. The highest BCUT2D eigenvalue weighted by Gasteiger charge is 2.18. The average Bonchev–Trinajstić information content (AvgIpc) is 3.00. The van der Waals surface area contributed by atoms with Crippen molar-refractivity contribution in [2.75, 3.05) is 6.61 Å². The maximum atomic E-state index is 12.8. The number of thiophene rings is 1. The van der Waals surface area contributed by atoms with Crippen LogP contribution in [0, 0.1) is 6.92 Å². The van der Waals surface area contributed by atoms with E-state index < -0.39 is 5.97 Å². The van der Waals surface area contributed by atoms with Gasteiger partial charge in [0.15, 0.2) is 0 Å². The van der Waals surface area contributed by atoms with E-state index in [9.17, 15) is 9.59 Å². The molecule has 0 N–H and O–H groups in total. The predicted molar refractivity (Wildman–Crippen MR) is 90.9 cm³/mol. The lowest BCUT2D eigenvalue weighted by molar-refractivity contribution is -0.144. The first-order valence-electron chi connectivity index (χ1n) is 7.31. The molecule has 0 unspecified atom stereocenters. The highest BCUT2D eigenvalue weighted by atomic mass is 32.1. The molecule has 7 heteroatoms. The van der Waals surface area contributed by atoms with Crippen LogP contribution in [-0.4, -0.2) is 26.9 Å². The van der Waals surface area contributed by atoms with Gasteiger partial charge in [0, 0.05) is 16.8 Å². The van der Waals surface area contributed by atoms with Crippen molar-refractivity contribution in [1.29, 1.82) is 0 Å². The summed E-state index contributed by atoms with van der Waals surface area (Å²) in [4.78, 5) is 25.6. The molecule has 0 amide bonds. The molecule has 0 aromatic carbocycles. The van der Waals surface area contributed by atoms with Gasteiger partial charge in [0.25, 0.3) is 5.56 Å². The Bertz CT molecular complexity index is 964. The molecule has 0 radical (unpaired) electrons. The molecule has 3 aromatic rings. The van der Waals surface area contributed by atoms with Gasteiger partial charge in [-0.2, -0.15) is 5.10 Å². The summed E-state index contributed by atoms with van der Waals surface area (Å²) < 4.78 is 9.00. The molecule has 3 heterocycles. The molecular weight excluding hydrogens is 314 g/mol. The van der Waals surface area contributed by atoms with E-state index in [2.05, 4.69) is 17.7 Å². The van der Waals surface area contributed by atoms with Crippen molar-refractivity contribution >= 4 is 38.4 Å². The monoisotopic (exact) mass is 331 g/mol. The fourth-order valence-electron chi connectivity index (χ4n) is 2.68. The van der Waals surface area contributed by atoms with Crippen molar-refractivity contribution in [3.63, 3.8) is 0 Å². The summed E-state index contributed by atoms with van der Waals surface area (Å²) in [7, 11) is 0. The van der Waals surface area contributed by atoms with Gasteiger partial charge in [-0.3, -0.25) is 9.59 Å². The Balaban J connectivity index is 2.23. The summed E-state index contributed by atoms with van der Waals surface area (Å²) in [5, 5.41) is 4.94. The van der Waals surface area contributed by atoms with Crippen LogP contribution in [0.25, 0.3) is 21.1 Å². The Kier molecular flexibility index (Phi) is 4.04. The maximum absolute atomic E-state index is 12.8. The topological polar surface area (TPSA) is 66.1 Å². The quantitative estimate of drug-likeness (QED) is 0.532. The van der Waals surface area contributed by atoms with Crippen molar-refractivity contribution in [2.45, 2.75) is 26.9 Å². The van der Waals surface area contributed by atoms with Crippen molar-refractivity contribution in [3.8, 4) is 0 Å². The summed E-state index contributed by atoms with van der Waals surface area (Å²) in [5.41, 5.74) is 1.25. The van der Waals surface area contributed by atoms with E-state index in [1.807, 2.05) is 11.5 Å². The maximum Gasteiger partial charge on any atom is 0.327 e. The van der Waals surface area contributed by atoms with Crippen LogP contribution in [0.5, 0.6) is 0 Å². The molecule has 0 saturated heterocycles. The minimum Gasteiger partial charge on any atom is -0.465 e. The zero-order valence-corrected chi connectivity index (χ0v) is 13.9. The van der Waals surface area contributed by atoms with Gasteiger partial charge in [-0.25, -0.2) is 4.68 Å². The molecule has 0 aliphatic rings. The number of carbonyl (C=O) groups excluding carboxylic acids is 1. The van der Waals surface area contributed by atoms with E-state index in [4.69, 9.17) is 4.74 Å². The fraction of sp³-hybridized carbons (Fsp3) is 0.312. The average molecular weight is 331 g/mol. The Morgan fingerprint density at radius 1 is 1.52 bits per heavy atom. The summed E-state index contributed by atoms with van der Waals surface area (Å²) in [6, 6.07) is 2.05. The molecule has 3 aromatic heterocycles. The molecule has 0 aliphatic carbocycles. The first kappa shape index (κ1) is 15.5. The third-order valence-corrected chi connectivity index (χ3v) is 4.63. The number of aromatic nitrogens is 3. The molecule has 0 aliphatic heterocycles. The third kappa shape index (κ3) is 2.57. The van der Waals surface area contributed by atoms with Crippen LogP contribution in [0.1, 0.15) is 11.8 Å².